The Bertz CT molecular complexity index is 1620. The Morgan fingerprint density at radius 2 is 1.00 bits per heavy atom. The fourth-order valence-corrected chi connectivity index (χ4v) is 6.76. The fraction of sp³-hybridized carbons (Fsp3) is 0.350. The van der Waals surface area contributed by atoms with Gasteiger partial charge in [0.05, 0.1) is 19.5 Å². The lowest BCUT2D eigenvalue weighted by Crippen LogP contribution is -2.18. The highest BCUT2D eigenvalue weighted by Gasteiger charge is 2.28. The van der Waals surface area contributed by atoms with Gasteiger partial charge in [-0.25, -0.2) is 0 Å². The number of hydrogen-bond acceptors (Lipinski definition) is 6. The second-order valence-electron chi connectivity index (χ2n) is 13.9. The van der Waals surface area contributed by atoms with Crippen LogP contribution in [-0.2, 0) is 42.7 Å². The van der Waals surface area contributed by atoms with Crippen molar-refractivity contribution in [3.05, 3.63) is 107 Å². The Morgan fingerprint density at radius 1 is 0.604 bits per heavy atom. The zero-order valence-electron chi connectivity index (χ0n) is 29.4. The highest BCUT2D eigenvalue weighted by atomic mass is 31.2. The maximum Gasteiger partial charge on any atom is 0.326 e. The fourth-order valence-electron chi connectivity index (χ4n) is 5.25. The topological polar surface area (TPSA) is 71.1 Å². The summed E-state index contributed by atoms with van der Waals surface area (Å²) in [5, 5.41) is 2.07. The molecule has 0 bridgehead atoms. The lowest BCUT2D eigenvalue weighted by atomic mass is 9.85. The lowest BCUT2D eigenvalue weighted by Gasteiger charge is -2.29. The van der Waals surface area contributed by atoms with E-state index in [0.29, 0.717) is 25.7 Å². The smallest absolute Gasteiger partial charge is 0.326 e. The Kier molecular flexibility index (Phi) is 12.5. The molecule has 0 fully saturated rings. The molecule has 8 heteroatoms. The van der Waals surface area contributed by atoms with Crippen molar-refractivity contribution < 1.29 is 28.1 Å². The van der Waals surface area contributed by atoms with E-state index in [-0.39, 0.29) is 22.8 Å². The minimum absolute atomic E-state index is 0.233. The molecule has 1 atom stereocenters. The molecule has 0 aliphatic rings. The third-order valence-corrected chi connectivity index (χ3v) is 9.91. The van der Waals surface area contributed by atoms with Crippen LogP contribution in [-0.4, -0.2) is 26.2 Å². The number of carbonyl (C=O) groups excluding carboxylic acids is 2. The van der Waals surface area contributed by atoms with Gasteiger partial charge in [0, 0.05) is 24.0 Å². The summed E-state index contributed by atoms with van der Waals surface area (Å²) in [5.74, 6) is 1.01. The average molecular weight is 687 g/mol. The van der Waals surface area contributed by atoms with Gasteiger partial charge in [0.1, 0.15) is 11.5 Å². The SMILES string of the molecule is COC(=O)CCc1ccc(OP(Oc2ccc(CCC(=O)OC)cc2C(C)(C)C)c2ccc(-c3ccc(P)cc3)cc2)c(C(C)(C)C)c1. The van der Waals surface area contributed by atoms with Crippen molar-refractivity contribution in [3.8, 4) is 22.6 Å². The Labute approximate surface area is 289 Å². The standard InChI is InChI=1S/C40H48O6P2/c1-39(2,3)33-25-27(11-23-37(41)43-7)9-21-35(33)45-48(32-19-15-30(16-20-32)29-13-17-31(47)18-14-29)46-36-22-10-28(12-24-38(42)44-8)26-34(36)40(4,5)6/h9-10,13-22,25-26H,11-12,23-24,47H2,1-8H3. The lowest BCUT2D eigenvalue weighted by molar-refractivity contribution is -0.141. The van der Waals surface area contributed by atoms with E-state index in [1.165, 1.54) is 14.2 Å². The number of esters is 2. The normalized spacial score (nSPS) is 11.7. The summed E-state index contributed by atoms with van der Waals surface area (Å²) in [7, 11) is 3.92. The monoisotopic (exact) mass is 686 g/mol. The zero-order chi connectivity index (χ0) is 35.1. The maximum absolute atomic E-state index is 11.9. The number of methoxy groups -OCH3 is 2. The van der Waals surface area contributed by atoms with Crippen molar-refractivity contribution in [1.29, 1.82) is 0 Å². The predicted octanol–water partition coefficient (Wildman–Crippen LogP) is 8.76. The van der Waals surface area contributed by atoms with Crippen LogP contribution in [0, 0.1) is 0 Å². The molecule has 0 radical (unpaired) electrons. The number of aryl methyl sites for hydroxylation is 2. The highest BCUT2D eigenvalue weighted by molar-refractivity contribution is 7.56. The van der Waals surface area contributed by atoms with E-state index in [2.05, 4.69) is 111 Å². The second-order valence-corrected chi connectivity index (χ2v) is 16.0. The van der Waals surface area contributed by atoms with Gasteiger partial charge in [-0.2, -0.15) is 0 Å². The van der Waals surface area contributed by atoms with Crippen molar-refractivity contribution in [3.63, 3.8) is 0 Å². The molecule has 0 saturated carbocycles. The van der Waals surface area contributed by atoms with Gasteiger partial charge in [-0.05, 0) is 75.5 Å². The van der Waals surface area contributed by atoms with Crippen molar-refractivity contribution in [1.82, 2.24) is 0 Å². The molecule has 4 rings (SSSR count). The molecule has 0 heterocycles. The summed E-state index contributed by atoms with van der Waals surface area (Å²) in [6, 6.07) is 29.0. The molecule has 0 aromatic heterocycles. The maximum atomic E-state index is 11.9. The van der Waals surface area contributed by atoms with Crippen LogP contribution in [0.4, 0.5) is 0 Å². The van der Waals surface area contributed by atoms with E-state index in [0.717, 1.165) is 55.5 Å². The molecule has 48 heavy (non-hydrogen) atoms. The molecule has 0 saturated heterocycles. The first kappa shape index (κ1) is 37.1. The Balaban J connectivity index is 1.75. The van der Waals surface area contributed by atoms with Gasteiger partial charge in [-0.15, -0.1) is 9.24 Å². The van der Waals surface area contributed by atoms with Crippen LogP contribution in [0.5, 0.6) is 11.5 Å². The van der Waals surface area contributed by atoms with Gasteiger partial charge in [0.2, 0.25) is 0 Å². The third kappa shape index (κ3) is 10.1. The number of rotatable bonds is 12. The van der Waals surface area contributed by atoms with Gasteiger partial charge in [-0.3, -0.25) is 9.59 Å². The molecule has 0 aliphatic carbocycles. The number of carbonyl (C=O) groups is 2. The summed E-state index contributed by atoms with van der Waals surface area (Å²) in [6.07, 6.45) is 1.79. The van der Waals surface area contributed by atoms with Crippen LogP contribution >= 0.6 is 17.6 Å². The number of ether oxygens (including phenoxy) is 2. The quantitative estimate of drug-likeness (QED) is 0.110. The van der Waals surface area contributed by atoms with Crippen molar-refractivity contribution >= 4 is 40.2 Å². The molecule has 6 nitrogen and oxygen atoms in total. The number of hydrogen-bond donors (Lipinski definition) is 0. The van der Waals surface area contributed by atoms with Crippen molar-refractivity contribution in [2.45, 2.75) is 78.1 Å². The minimum Gasteiger partial charge on any atom is -0.469 e. The number of benzene rings is 4. The first-order chi connectivity index (χ1) is 22.7. The second kappa shape index (κ2) is 16.1. The molecule has 4 aromatic carbocycles. The summed E-state index contributed by atoms with van der Waals surface area (Å²) >= 11 is 0. The Morgan fingerprint density at radius 3 is 1.38 bits per heavy atom. The molecule has 1 unspecified atom stereocenters. The largest absolute Gasteiger partial charge is 0.469 e. The van der Waals surface area contributed by atoms with Gasteiger partial charge in [-0.1, -0.05) is 102 Å². The van der Waals surface area contributed by atoms with E-state index in [4.69, 9.17) is 18.5 Å². The molecular weight excluding hydrogens is 638 g/mol. The van der Waals surface area contributed by atoms with Crippen LogP contribution in [0.2, 0.25) is 0 Å². The first-order valence-corrected chi connectivity index (χ1v) is 18.0. The van der Waals surface area contributed by atoms with Crippen molar-refractivity contribution in [2.75, 3.05) is 14.2 Å². The van der Waals surface area contributed by atoms with Crippen LogP contribution in [0.3, 0.4) is 0 Å². The highest BCUT2D eigenvalue weighted by Crippen LogP contribution is 2.46. The molecule has 0 amide bonds. The molecule has 0 aliphatic heterocycles. The summed E-state index contributed by atoms with van der Waals surface area (Å²) in [4.78, 5) is 23.7. The first-order valence-electron chi connectivity index (χ1n) is 16.2. The Hall–Kier alpha value is -3.72. The molecular formula is C40H48O6P2. The molecule has 0 spiro atoms. The van der Waals surface area contributed by atoms with Gasteiger partial charge >= 0.3 is 20.3 Å². The molecule has 254 valence electrons. The molecule has 0 N–H and O–H groups in total. The minimum atomic E-state index is -1.63. The summed E-state index contributed by atoms with van der Waals surface area (Å²) < 4.78 is 23.5. The van der Waals surface area contributed by atoms with Crippen LogP contribution in [0.15, 0.2) is 84.9 Å². The zero-order valence-corrected chi connectivity index (χ0v) is 31.4. The summed E-state index contributed by atoms with van der Waals surface area (Å²) in [5.41, 5.74) is 5.92. The van der Waals surface area contributed by atoms with E-state index in [1.54, 1.807) is 0 Å². The van der Waals surface area contributed by atoms with Gasteiger partial charge in [0.25, 0.3) is 0 Å². The van der Waals surface area contributed by atoms with E-state index >= 15 is 0 Å². The predicted molar refractivity (Wildman–Crippen MR) is 200 cm³/mol. The van der Waals surface area contributed by atoms with Gasteiger partial charge in [0.15, 0.2) is 0 Å². The third-order valence-electron chi connectivity index (χ3n) is 8.08. The van der Waals surface area contributed by atoms with Crippen LogP contribution in [0.25, 0.3) is 11.1 Å². The average Bonchev–Trinajstić information content (AvgIpc) is 3.06. The molecule has 4 aromatic rings. The van der Waals surface area contributed by atoms with E-state index in [9.17, 15) is 9.59 Å². The van der Waals surface area contributed by atoms with Crippen LogP contribution < -0.4 is 19.7 Å². The van der Waals surface area contributed by atoms with Crippen molar-refractivity contribution in [2.24, 2.45) is 0 Å². The summed E-state index contributed by atoms with van der Waals surface area (Å²) in [6.45, 7) is 12.9. The van der Waals surface area contributed by atoms with Gasteiger partial charge < -0.3 is 18.5 Å². The van der Waals surface area contributed by atoms with Crippen LogP contribution in [0.1, 0.15) is 76.6 Å². The van der Waals surface area contributed by atoms with E-state index < -0.39 is 8.38 Å². The van der Waals surface area contributed by atoms with E-state index in [1.807, 2.05) is 24.3 Å².